The van der Waals surface area contributed by atoms with Crippen molar-refractivity contribution in [2.75, 3.05) is 19.6 Å². The van der Waals surface area contributed by atoms with Crippen LogP contribution in [0.15, 0.2) is 73.3 Å². The molecule has 0 saturated carbocycles. The van der Waals surface area contributed by atoms with E-state index in [0.29, 0.717) is 19.6 Å². The summed E-state index contributed by atoms with van der Waals surface area (Å²) >= 11 is 0. The Hall–Kier alpha value is -1.94. The van der Waals surface area contributed by atoms with E-state index in [4.69, 9.17) is 0 Å². The molecular weight excluding hydrogens is 274 g/mol. The average molecular weight is 297 g/mol. The largest absolute Gasteiger partial charge is 0.387 e. The van der Waals surface area contributed by atoms with Crippen molar-refractivity contribution >= 4 is 0 Å². The molecule has 3 heteroatoms. The van der Waals surface area contributed by atoms with Crippen LogP contribution in [-0.4, -0.2) is 34.7 Å². The molecule has 116 valence electrons. The van der Waals surface area contributed by atoms with Gasteiger partial charge in [0.1, 0.15) is 0 Å². The smallest absolute Gasteiger partial charge is 0.0917 e. The lowest BCUT2D eigenvalue weighted by Crippen LogP contribution is -2.33. The van der Waals surface area contributed by atoms with Crippen LogP contribution in [0, 0.1) is 0 Å². The lowest BCUT2D eigenvalue weighted by atomic mass is 10.1. The van der Waals surface area contributed by atoms with E-state index < -0.39 is 12.2 Å². The molecule has 0 saturated heterocycles. The van der Waals surface area contributed by atoms with Gasteiger partial charge in [0.2, 0.25) is 0 Å². The molecule has 2 rings (SSSR count). The Kier molecular flexibility index (Phi) is 6.34. The summed E-state index contributed by atoms with van der Waals surface area (Å²) in [4.78, 5) is 2.00. The number of hydrogen-bond acceptors (Lipinski definition) is 3. The van der Waals surface area contributed by atoms with Crippen molar-refractivity contribution in [2.45, 2.75) is 12.2 Å². The zero-order chi connectivity index (χ0) is 15.8. The molecule has 0 bridgehead atoms. The van der Waals surface area contributed by atoms with Crippen molar-refractivity contribution in [1.29, 1.82) is 0 Å². The van der Waals surface area contributed by atoms with E-state index in [1.165, 1.54) is 0 Å². The summed E-state index contributed by atoms with van der Waals surface area (Å²) in [6, 6.07) is 19.1. The summed E-state index contributed by atoms with van der Waals surface area (Å²) in [6.07, 6.45) is 0.628. The molecule has 2 unspecified atom stereocenters. The summed E-state index contributed by atoms with van der Waals surface area (Å²) in [6.45, 7) is 5.29. The molecule has 0 aliphatic heterocycles. The molecule has 0 spiro atoms. The third-order valence-corrected chi connectivity index (χ3v) is 3.62. The lowest BCUT2D eigenvalue weighted by Gasteiger charge is -2.26. The molecule has 2 atom stereocenters. The van der Waals surface area contributed by atoms with Gasteiger partial charge >= 0.3 is 0 Å². The molecule has 0 aromatic heterocycles. The minimum Gasteiger partial charge on any atom is -0.387 e. The van der Waals surface area contributed by atoms with Crippen LogP contribution in [0.25, 0.3) is 0 Å². The predicted molar refractivity (Wildman–Crippen MR) is 89.4 cm³/mol. The first-order valence-corrected chi connectivity index (χ1v) is 7.50. The average Bonchev–Trinajstić information content (AvgIpc) is 2.56. The molecule has 0 aliphatic rings. The molecule has 2 aromatic carbocycles. The molecule has 0 amide bonds. The van der Waals surface area contributed by atoms with Gasteiger partial charge in [-0.3, -0.25) is 4.90 Å². The fourth-order valence-electron chi connectivity index (χ4n) is 2.46. The van der Waals surface area contributed by atoms with Crippen LogP contribution in [0.1, 0.15) is 23.3 Å². The van der Waals surface area contributed by atoms with Crippen LogP contribution < -0.4 is 0 Å². The van der Waals surface area contributed by atoms with Gasteiger partial charge in [-0.15, -0.1) is 6.58 Å². The van der Waals surface area contributed by atoms with Crippen LogP contribution >= 0.6 is 0 Å². The maximum absolute atomic E-state index is 10.3. The number of aliphatic hydroxyl groups excluding tert-OH is 2. The van der Waals surface area contributed by atoms with Gasteiger partial charge in [-0.05, 0) is 11.1 Å². The molecule has 0 fully saturated rings. The Bertz CT molecular complexity index is 509. The van der Waals surface area contributed by atoms with Gasteiger partial charge < -0.3 is 10.2 Å². The second-order valence-corrected chi connectivity index (χ2v) is 5.36. The molecule has 2 N–H and O–H groups in total. The van der Waals surface area contributed by atoms with Gasteiger partial charge in [-0.1, -0.05) is 66.7 Å². The Labute approximate surface area is 132 Å². The van der Waals surface area contributed by atoms with E-state index in [9.17, 15) is 10.2 Å². The van der Waals surface area contributed by atoms with E-state index in [2.05, 4.69) is 6.58 Å². The highest BCUT2D eigenvalue weighted by molar-refractivity contribution is 5.19. The number of benzene rings is 2. The maximum Gasteiger partial charge on any atom is 0.0917 e. The van der Waals surface area contributed by atoms with E-state index in [0.717, 1.165) is 11.1 Å². The minimum atomic E-state index is -0.580. The second-order valence-electron chi connectivity index (χ2n) is 5.36. The van der Waals surface area contributed by atoms with Crippen LogP contribution in [-0.2, 0) is 0 Å². The van der Waals surface area contributed by atoms with Gasteiger partial charge in [0.15, 0.2) is 0 Å². The van der Waals surface area contributed by atoms with Crippen molar-refractivity contribution < 1.29 is 10.2 Å². The number of rotatable bonds is 8. The van der Waals surface area contributed by atoms with E-state index in [1.54, 1.807) is 6.08 Å². The van der Waals surface area contributed by atoms with Crippen molar-refractivity contribution in [3.05, 3.63) is 84.4 Å². The number of nitrogens with zero attached hydrogens (tertiary/aromatic N) is 1. The fraction of sp³-hybridized carbons (Fsp3) is 0.263. The highest BCUT2D eigenvalue weighted by atomic mass is 16.3. The van der Waals surface area contributed by atoms with Crippen molar-refractivity contribution in [2.24, 2.45) is 0 Å². The quantitative estimate of drug-likeness (QED) is 0.736. The Morgan fingerprint density at radius 3 is 1.59 bits per heavy atom. The summed E-state index contributed by atoms with van der Waals surface area (Å²) < 4.78 is 0. The second kappa shape index (κ2) is 8.49. The van der Waals surface area contributed by atoms with Gasteiger partial charge in [0, 0.05) is 19.6 Å². The Balaban J connectivity index is 1.99. The van der Waals surface area contributed by atoms with Gasteiger partial charge in [-0.2, -0.15) is 0 Å². The monoisotopic (exact) mass is 297 g/mol. The molecule has 0 aliphatic carbocycles. The normalized spacial score (nSPS) is 13.8. The zero-order valence-electron chi connectivity index (χ0n) is 12.7. The molecule has 2 aromatic rings. The summed E-state index contributed by atoms with van der Waals surface area (Å²) in [5.74, 6) is 0. The van der Waals surface area contributed by atoms with Gasteiger partial charge in [0.25, 0.3) is 0 Å². The molecule has 0 heterocycles. The third kappa shape index (κ3) is 4.81. The highest BCUT2D eigenvalue weighted by Crippen LogP contribution is 2.18. The predicted octanol–water partition coefficient (Wildman–Crippen LogP) is 2.94. The van der Waals surface area contributed by atoms with Gasteiger partial charge in [0.05, 0.1) is 12.2 Å². The minimum absolute atomic E-state index is 0.458. The standard InChI is InChI=1S/C19H23NO2/c1-2-13-20(14-18(21)16-9-5-3-6-10-16)15-19(22)17-11-7-4-8-12-17/h2-12,18-19,21-22H,1,13-15H2. The Morgan fingerprint density at radius 1 is 0.818 bits per heavy atom. The lowest BCUT2D eigenvalue weighted by molar-refractivity contribution is 0.0754. The van der Waals surface area contributed by atoms with Crippen LogP contribution in [0.3, 0.4) is 0 Å². The maximum atomic E-state index is 10.3. The van der Waals surface area contributed by atoms with Gasteiger partial charge in [-0.25, -0.2) is 0 Å². The van der Waals surface area contributed by atoms with E-state index in [1.807, 2.05) is 65.6 Å². The van der Waals surface area contributed by atoms with Crippen LogP contribution in [0.2, 0.25) is 0 Å². The molecule has 22 heavy (non-hydrogen) atoms. The SMILES string of the molecule is C=CCN(CC(O)c1ccccc1)CC(O)c1ccccc1. The van der Waals surface area contributed by atoms with E-state index in [-0.39, 0.29) is 0 Å². The van der Waals surface area contributed by atoms with Crippen LogP contribution in [0.4, 0.5) is 0 Å². The first kappa shape index (κ1) is 16.4. The molecule has 3 nitrogen and oxygen atoms in total. The summed E-state index contributed by atoms with van der Waals surface area (Å²) in [5.41, 5.74) is 1.76. The third-order valence-electron chi connectivity index (χ3n) is 3.62. The first-order valence-electron chi connectivity index (χ1n) is 7.50. The first-order chi connectivity index (χ1) is 10.7. The highest BCUT2D eigenvalue weighted by Gasteiger charge is 2.16. The van der Waals surface area contributed by atoms with Crippen molar-refractivity contribution in [3.63, 3.8) is 0 Å². The van der Waals surface area contributed by atoms with Crippen molar-refractivity contribution in [1.82, 2.24) is 4.90 Å². The summed E-state index contributed by atoms with van der Waals surface area (Å²) in [5, 5.41) is 20.7. The molecule has 0 radical (unpaired) electrons. The van der Waals surface area contributed by atoms with Crippen molar-refractivity contribution in [3.8, 4) is 0 Å². The molecular formula is C19H23NO2. The van der Waals surface area contributed by atoms with Crippen LogP contribution in [0.5, 0.6) is 0 Å². The topological polar surface area (TPSA) is 43.7 Å². The Morgan fingerprint density at radius 2 is 1.23 bits per heavy atom. The zero-order valence-corrected chi connectivity index (χ0v) is 12.7. The van der Waals surface area contributed by atoms with E-state index >= 15 is 0 Å². The number of hydrogen-bond donors (Lipinski definition) is 2. The fourth-order valence-corrected chi connectivity index (χ4v) is 2.46. The number of aliphatic hydroxyl groups is 2. The summed E-state index contributed by atoms with van der Waals surface area (Å²) in [7, 11) is 0.